The molecular formula is CCuKNO4S. The first-order valence-corrected chi connectivity index (χ1v) is 2.22. The van der Waals surface area contributed by atoms with Gasteiger partial charge in [0.05, 0.1) is 0 Å². The summed E-state index contributed by atoms with van der Waals surface area (Å²) in [6.45, 7) is 4.75. The first kappa shape index (κ1) is 22.4. The summed E-state index contributed by atoms with van der Waals surface area (Å²) >= 11 is 0. The van der Waals surface area contributed by atoms with Crippen molar-refractivity contribution < 1.29 is 86.0 Å². The summed E-state index contributed by atoms with van der Waals surface area (Å²) in [5.41, 5.74) is 0. The molecule has 9 heavy (non-hydrogen) atoms. The molecule has 0 saturated carbocycles. The molecule has 51 valence electrons. The van der Waals surface area contributed by atoms with Crippen molar-refractivity contribution in [2.75, 3.05) is 0 Å². The van der Waals surface area contributed by atoms with Crippen LogP contribution in [0.15, 0.2) is 0 Å². The molecule has 0 amide bonds. The maximum atomic E-state index is 8.52. The van der Waals surface area contributed by atoms with Gasteiger partial charge in [-0.15, -0.1) is 0 Å². The predicted molar refractivity (Wildman–Crippen MR) is 15.4 cm³/mol. The van der Waals surface area contributed by atoms with Crippen molar-refractivity contribution in [3.05, 3.63) is 6.57 Å². The SMILES string of the molecule is O=S(=O)([O-])[O-].[C-]#N.[Cu+2].[K+]. The summed E-state index contributed by atoms with van der Waals surface area (Å²) in [4.78, 5) is 0. The van der Waals surface area contributed by atoms with E-state index in [9.17, 15) is 0 Å². The molecule has 0 saturated heterocycles. The van der Waals surface area contributed by atoms with Crippen molar-refractivity contribution >= 4 is 10.4 Å². The minimum atomic E-state index is -5.17. The Labute approximate surface area is 106 Å². The van der Waals surface area contributed by atoms with Crippen LogP contribution in [0.2, 0.25) is 0 Å². The van der Waals surface area contributed by atoms with E-state index in [1.165, 1.54) is 0 Å². The van der Waals surface area contributed by atoms with Gasteiger partial charge in [-0.05, 0) is 0 Å². The van der Waals surface area contributed by atoms with Crippen LogP contribution in [0.1, 0.15) is 0 Å². The van der Waals surface area contributed by atoms with Crippen LogP contribution in [0.3, 0.4) is 0 Å². The van der Waals surface area contributed by atoms with E-state index < -0.39 is 10.4 Å². The van der Waals surface area contributed by atoms with Crippen LogP contribution in [0, 0.1) is 11.8 Å². The van der Waals surface area contributed by atoms with Gasteiger partial charge in [0, 0.05) is 10.4 Å². The standard InChI is InChI=1S/CN.Cu.K.H2O4S/c1-2;;;1-5(2,3)4/h;;;(H2,1,2,3,4)/q-1;+2;+1;/p-2. The molecule has 1 radical (unpaired) electrons. The number of rotatable bonds is 0. The summed E-state index contributed by atoms with van der Waals surface area (Å²) in [6, 6.07) is 0. The van der Waals surface area contributed by atoms with Crippen molar-refractivity contribution in [1.29, 1.82) is 5.26 Å². The Balaban J connectivity index is -0.0000000286. The summed E-state index contributed by atoms with van der Waals surface area (Å²) in [7, 11) is -5.17. The molecule has 0 heterocycles. The molecule has 0 aromatic rings. The third-order valence-electron chi connectivity index (χ3n) is 0. The Hall–Kier alpha value is 1.52. The normalized spacial score (nSPS) is 6.67. The molecule has 0 fully saturated rings. The zero-order valence-corrected chi connectivity index (χ0v) is 9.17. The second kappa shape index (κ2) is 12.2. The number of nitrogens with zero attached hydrogens (tertiary/aromatic N) is 1. The summed E-state index contributed by atoms with van der Waals surface area (Å²) in [5.74, 6) is 0. The van der Waals surface area contributed by atoms with E-state index in [4.69, 9.17) is 29.4 Å². The van der Waals surface area contributed by atoms with E-state index >= 15 is 0 Å². The van der Waals surface area contributed by atoms with Gasteiger partial charge < -0.3 is 20.9 Å². The second-order valence-electron chi connectivity index (χ2n) is 0.408. The summed E-state index contributed by atoms with van der Waals surface area (Å²) in [6.07, 6.45) is 0. The van der Waals surface area contributed by atoms with Crippen LogP contribution < -0.4 is 51.4 Å². The molecule has 5 nitrogen and oxygen atoms in total. The topological polar surface area (TPSA) is 104 Å². The Morgan fingerprint density at radius 2 is 1.22 bits per heavy atom. The summed E-state index contributed by atoms with van der Waals surface area (Å²) < 4.78 is 34.1. The van der Waals surface area contributed by atoms with Crippen LogP contribution in [0.25, 0.3) is 0 Å². The van der Waals surface area contributed by atoms with Gasteiger partial charge in [-0.25, -0.2) is 0 Å². The van der Waals surface area contributed by atoms with Gasteiger partial charge in [0.15, 0.2) is 0 Å². The molecule has 0 aliphatic carbocycles. The molecule has 0 rings (SSSR count). The maximum Gasteiger partial charge on any atom is 2.00 e. The fraction of sp³-hybridized carbons (Fsp3) is 0. The van der Waals surface area contributed by atoms with Crippen molar-refractivity contribution in [2.24, 2.45) is 0 Å². The number of hydrogen-bond donors (Lipinski definition) is 0. The van der Waals surface area contributed by atoms with Crippen LogP contribution in [0.4, 0.5) is 0 Å². The van der Waals surface area contributed by atoms with Crippen LogP contribution in [0.5, 0.6) is 0 Å². The van der Waals surface area contributed by atoms with E-state index in [0.29, 0.717) is 0 Å². The third kappa shape index (κ3) is 234. The zero-order chi connectivity index (χ0) is 6.50. The fourth-order valence-electron chi connectivity index (χ4n) is 0. The maximum absolute atomic E-state index is 8.52. The Morgan fingerprint density at radius 1 is 1.22 bits per heavy atom. The minimum absolute atomic E-state index is 0. The summed E-state index contributed by atoms with van der Waals surface area (Å²) in [5, 5.41) is 6.25. The van der Waals surface area contributed by atoms with Crippen LogP contribution >= 0.6 is 0 Å². The van der Waals surface area contributed by atoms with Gasteiger partial charge in [-0.1, -0.05) is 0 Å². The third-order valence-corrected chi connectivity index (χ3v) is 0. The Morgan fingerprint density at radius 3 is 1.22 bits per heavy atom. The van der Waals surface area contributed by atoms with Gasteiger partial charge in [-0.3, -0.25) is 8.42 Å². The molecule has 0 spiro atoms. The van der Waals surface area contributed by atoms with E-state index in [1.54, 1.807) is 0 Å². The fourth-order valence-corrected chi connectivity index (χ4v) is 0. The van der Waals surface area contributed by atoms with E-state index in [2.05, 4.69) is 0 Å². The monoisotopic (exact) mass is 224 g/mol. The molecular weight excluding hydrogens is 225 g/mol. The van der Waals surface area contributed by atoms with Crippen molar-refractivity contribution in [3.8, 4) is 0 Å². The smallest absolute Gasteiger partial charge is 0.759 e. The second-order valence-corrected chi connectivity index (χ2v) is 1.22. The van der Waals surface area contributed by atoms with Gasteiger partial charge in [0.1, 0.15) is 0 Å². The minimum Gasteiger partial charge on any atom is -0.759 e. The molecule has 0 aliphatic rings. The van der Waals surface area contributed by atoms with Crippen LogP contribution in [-0.4, -0.2) is 17.5 Å². The molecule has 0 aromatic carbocycles. The molecule has 0 bridgehead atoms. The number of hydrogen-bond acceptors (Lipinski definition) is 5. The molecule has 0 unspecified atom stereocenters. The molecule has 8 heteroatoms. The molecule has 0 atom stereocenters. The van der Waals surface area contributed by atoms with Crippen LogP contribution in [-0.2, 0) is 27.5 Å². The average Bonchev–Trinajstić information content (AvgIpc) is 1.36. The van der Waals surface area contributed by atoms with Gasteiger partial charge in [0.25, 0.3) is 0 Å². The van der Waals surface area contributed by atoms with Gasteiger partial charge in [0.2, 0.25) is 0 Å². The quantitative estimate of drug-likeness (QED) is 0.179. The van der Waals surface area contributed by atoms with E-state index in [-0.39, 0.29) is 68.5 Å². The first-order chi connectivity index (χ1) is 3.00. The average molecular weight is 225 g/mol. The zero-order valence-electron chi connectivity index (χ0n) is 4.29. The Kier molecular flexibility index (Phi) is 30.4. The molecule has 0 aliphatic heterocycles. The van der Waals surface area contributed by atoms with Crippen molar-refractivity contribution in [2.45, 2.75) is 0 Å². The predicted octanol–water partition coefficient (Wildman–Crippen LogP) is -4.24. The van der Waals surface area contributed by atoms with Gasteiger partial charge >= 0.3 is 68.5 Å². The van der Waals surface area contributed by atoms with Crippen molar-refractivity contribution in [3.63, 3.8) is 0 Å². The largest absolute Gasteiger partial charge is 2.00 e. The first-order valence-electron chi connectivity index (χ1n) is 0.890. The molecule has 0 N–H and O–H groups in total. The van der Waals surface area contributed by atoms with E-state index in [0.717, 1.165) is 0 Å². The Bertz CT molecular complexity index is 132. The van der Waals surface area contributed by atoms with Gasteiger partial charge in [-0.2, -0.15) is 0 Å². The van der Waals surface area contributed by atoms with E-state index in [1.807, 2.05) is 0 Å². The molecule has 0 aromatic heterocycles. The van der Waals surface area contributed by atoms with Crippen molar-refractivity contribution in [1.82, 2.24) is 0 Å².